The highest BCUT2D eigenvalue weighted by molar-refractivity contribution is 5.97. The summed E-state index contributed by atoms with van der Waals surface area (Å²) in [5.74, 6) is 1.40. The Morgan fingerprint density at radius 2 is 1.79 bits per heavy atom. The molecule has 1 fully saturated rings. The Morgan fingerprint density at radius 3 is 2.41 bits per heavy atom. The van der Waals surface area contributed by atoms with Crippen LogP contribution in [-0.4, -0.2) is 80.8 Å². The van der Waals surface area contributed by atoms with Crippen molar-refractivity contribution < 1.29 is 4.79 Å². The van der Waals surface area contributed by atoms with E-state index in [0.717, 1.165) is 70.0 Å². The van der Waals surface area contributed by atoms with Crippen LogP contribution in [0.4, 0.5) is 11.5 Å². The number of piperazine rings is 1. The molecule has 2 heterocycles. The van der Waals surface area contributed by atoms with E-state index in [4.69, 9.17) is 5.73 Å². The summed E-state index contributed by atoms with van der Waals surface area (Å²) in [4.78, 5) is 29.7. The van der Waals surface area contributed by atoms with Crippen molar-refractivity contribution in [2.75, 3.05) is 63.1 Å². The Labute approximate surface area is 205 Å². The van der Waals surface area contributed by atoms with Crippen molar-refractivity contribution in [3.63, 3.8) is 0 Å². The second-order valence-corrected chi connectivity index (χ2v) is 8.67. The number of anilines is 2. The lowest BCUT2D eigenvalue weighted by molar-refractivity contribution is -0.122. The number of carbonyl (C=O) groups excluding carboxylic acids is 1. The Hall–Kier alpha value is -2.52. The molecular formula is C25H44N8O. The maximum absolute atomic E-state index is 12.3. The molecule has 0 atom stereocenters. The van der Waals surface area contributed by atoms with Crippen molar-refractivity contribution in [1.82, 2.24) is 15.2 Å². The van der Waals surface area contributed by atoms with Gasteiger partial charge in [-0.2, -0.15) is 0 Å². The number of hydrogen-bond donors (Lipinski definition) is 3. The lowest BCUT2D eigenvalue weighted by atomic mass is 10.1. The number of pyridine rings is 1. The Morgan fingerprint density at radius 1 is 1.09 bits per heavy atom. The number of nitrogens with zero attached hydrogens (tertiary/aromatic N) is 5. The lowest BCUT2D eigenvalue weighted by Gasteiger charge is -2.35. The van der Waals surface area contributed by atoms with Crippen molar-refractivity contribution in [3.8, 4) is 0 Å². The van der Waals surface area contributed by atoms with E-state index in [1.165, 1.54) is 32.1 Å². The van der Waals surface area contributed by atoms with E-state index in [0.29, 0.717) is 12.5 Å². The third-order valence-electron chi connectivity index (χ3n) is 5.90. The van der Waals surface area contributed by atoms with Crippen molar-refractivity contribution in [2.45, 2.75) is 58.3 Å². The van der Waals surface area contributed by atoms with E-state index < -0.39 is 0 Å². The van der Waals surface area contributed by atoms with E-state index in [9.17, 15) is 4.79 Å². The molecule has 1 aromatic heterocycles. The normalized spacial score (nSPS) is 15.1. The van der Waals surface area contributed by atoms with Crippen LogP contribution in [0.25, 0.3) is 0 Å². The molecule has 9 nitrogen and oxygen atoms in total. The number of unbranched alkanes of at least 4 members (excludes halogenated alkanes) is 6. The zero-order valence-corrected chi connectivity index (χ0v) is 21.1. The average Bonchev–Trinajstić information content (AvgIpc) is 2.86. The van der Waals surface area contributed by atoms with Gasteiger partial charge in [-0.05, 0) is 37.9 Å². The number of nitrogens with one attached hydrogen (secondary N) is 2. The Kier molecular flexibility index (Phi) is 13.9. The highest BCUT2D eigenvalue weighted by Gasteiger charge is 2.19. The first-order valence-electron chi connectivity index (χ1n) is 12.8. The molecule has 1 saturated heterocycles. The number of nitrogens with two attached hydrogens (primary N) is 1. The summed E-state index contributed by atoms with van der Waals surface area (Å²) in [7, 11) is 1.71. The van der Waals surface area contributed by atoms with Gasteiger partial charge in [0.25, 0.3) is 0 Å². The first-order chi connectivity index (χ1) is 16.7. The standard InChI is InChI=1S/C25H44N8O/c1-3-14-29-25(27-2)31-23-12-11-22(20-30-23)33-18-16-32(17-19-33)21-24(34)28-15-10-8-6-4-5-7-9-13-26/h11-12,14,20H,3-10,13,15-19,21,26H2,1-2H3,(H,28,34)(H,27,30,31)/b29-14-. The molecule has 1 aliphatic rings. The first kappa shape index (κ1) is 27.7. The molecule has 1 aromatic rings. The molecule has 9 heteroatoms. The van der Waals surface area contributed by atoms with Gasteiger partial charge in [-0.3, -0.25) is 14.7 Å². The maximum Gasteiger partial charge on any atom is 0.234 e. The van der Waals surface area contributed by atoms with Gasteiger partial charge in [0.15, 0.2) is 0 Å². The minimum absolute atomic E-state index is 0.132. The molecule has 0 radical (unpaired) electrons. The fraction of sp³-hybridized carbons (Fsp3) is 0.680. The number of aromatic nitrogens is 1. The monoisotopic (exact) mass is 472 g/mol. The largest absolute Gasteiger partial charge is 0.368 e. The van der Waals surface area contributed by atoms with Gasteiger partial charge in [-0.15, -0.1) is 0 Å². The van der Waals surface area contributed by atoms with Crippen LogP contribution in [0.5, 0.6) is 0 Å². The van der Waals surface area contributed by atoms with E-state index in [2.05, 4.69) is 41.5 Å². The maximum atomic E-state index is 12.3. The summed E-state index contributed by atoms with van der Waals surface area (Å²) in [6, 6.07) is 4.01. The number of aliphatic imine (C=N–C) groups is 2. The fourth-order valence-corrected chi connectivity index (χ4v) is 3.89. The van der Waals surface area contributed by atoms with Crippen LogP contribution in [0.2, 0.25) is 0 Å². The third-order valence-corrected chi connectivity index (χ3v) is 5.90. The topological polar surface area (TPSA) is 111 Å². The van der Waals surface area contributed by atoms with E-state index in [1.54, 1.807) is 7.05 Å². The van der Waals surface area contributed by atoms with Gasteiger partial charge < -0.3 is 21.3 Å². The second kappa shape index (κ2) is 17.0. The molecule has 34 heavy (non-hydrogen) atoms. The Bertz CT molecular complexity index is 742. The highest BCUT2D eigenvalue weighted by atomic mass is 16.2. The number of guanidine groups is 1. The molecule has 1 amide bonds. The molecule has 2 rings (SSSR count). The van der Waals surface area contributed by atoms with Crippen molar-refractivity contribution >= 4 is 29.6 Å². The highest BCUT2D eigenvalue weighted by Crippen LogP contribution is 2.17. The number of amides is 1. The van der Waals surface area contributed by atoms with E-state index in [1.807, 2.05) is 25.4 Å². The molecule has 0 spiro atoms. The summed E-state index contributed by atoms with van der Waals surface area (Å²) in [6.07, 6.45) is 13.0. The molecule has 190 valence electrons. The van der Waals surface area contributed by atoms with Crippen LogP contribution in [0.3, 0.4) is 0 Å². The van der Waals surface area contributed by atoms with E-state index in [-0.39, 0.29) is 5.91 Å². The minimum atomic E-state index is 0.132. The number of rotatable bonds is 14. The SMILES string of the molecule is CC/C=N\C(=N/C)Nc1ccc(N2CCN(CC(=O)NCCCCCCCCCN)CC2)cn1. The van der Waals surface area contributed by atoms with Crippen LogP contribution in [0, 0.1) is 0 Å². The quantitative estimate of drug-likeness (QED) is 0.218. The molecule has 0 aliphatic carbocycles. The molecule has 0 bridgehead atoms. The van der Waals surface area contributed by atoms with Gasteiger partial charge in [0.1, 0.15) is 5.82 Å². The van der Waals surface area contributed by atoms with Crippen LogP contribution < -0.4 is 21.3 Å². The van der Waals surface area contributed by atoms with Crippen molar-refractivity contribution in [2.24, 2.45) is 15.7 Å². The average molecular weight is 473 g/mol. The van der Waals surface area contributed by atoms with Gasteiger partial charge in [-0.1, -0.05) is 39.0 Å². The van der Waals surface area contributed by atoms with Crippen molar-refractivity contribution in [1.29, 1.82) is 0 Å². The zero-order chi connectivity index (χ0) is 24.4. The Balaban J connectivity index is 1.61. The predicted octanol–water partition coefficient (Wildman–Crippen LogP) is 2.89. The number of hydrogen-bond acceptors (Lipinski definition) is 6. The summed E-state index contributed by atoms with van der Waals surface area (Å²) in [5, 5.41) is 6.20. The van der Waals surface area contributed by atoms with Crippen LogP contribution in [-0.2, 0) is 4.79 Å². The third kappa shape index (κ3) is 11.1. The zero-order valence-electron chi connectivity index (χ0n) is 21.1. The van der Waals surface area contributed by atoms with E-state index >= 15 is 0 Å². The molecule has 1 aliphatic heterocycles. The van der Waals surface area contributed by atoms with Crippen molar-refractivity contribution in [3.05, 3.63) is 18.3 Å². The lowest BCUT2D eigenvalue weighted by Crippen LogP contribution is -2.49. The van der Waals surface area contributed by atoms with Crippen LogP contribution in [0.1, 0.15) is 58.3 Å². The van der Waals surface area contributed by atoms with Gasteiger partial charge in [0.05, 0.1) is 18.4 Å². The van der Waals surface area contributed by atoms with Gasteiger partial charge in [0.2, 0.25) is 11.9 Å². The molecular weight excluding hydrogens is 428 g/mol. The fourth-order valence-electron chi connectivity index (χ4n) is 3.89. The summed E-state index contributed by atoms with van der Waals surface area (Å²) < 4.78 is 0. The smallest absolute Gasteiger partial charge is 0.234 e. The van der Waals surface area contributed by atoms with Gasteiger partial charge in [0, 0.05) is 46.0 Å². The van der Waals surface area contributed by atoms with Gasteiger partial charge >= 0.3 is 0 Å². The summed E-state index contributed by atoms with van der Waals surface area (Å²) >= 11 is 0. The summed E-state index contributed by atoms with van der Waals surface area (Å²) in [6.45, 7) is 7.60. The predicted molar refractivity (Wildman–Crippen MR) is 143 cm³/mol. The molecule has 0 saturated carbocycles. The van der Waals surface area contributed by atoms with Crippen LogP contribution >= 0.6 is 0 Å². The second-order valence-electron chi connectivity index (χ2n) is 8.67. The molecule has 0 unspecified atom stereocenters. The van der Waals surface area contributed by atoms with Gasteiger partial charge in [-0.25, -0.2) is 9.98 Å². The first-order valence-corrected chi connectivity index (χ1v) is 12.8. The summed E-state index contributed by atoms with van der Waals surface area (Å²) in [5.41, 5.74) is 6.60. The molecule has 0 aromatic carbocycles. The van der Waals surface area contributed by atoms with Crippen LogP contribution in [0.15, 0.2) is 28.3 Å². The minimum Gasteiger partial charge on any atom is -0.368 e. The molecule has 4 N–H and O–H groups in total. The number of carbonyl (C=O) groups is 1.